The van der Waals surface area contributed by atoms with Crippen molar-refractivity contribution in [3.05, 3.63) is 29.7 Å². The molecule has 0 atom stereocenters. The van der Waals surface area contributed by atoms with E-state index in [1.165, 1.54) is 11.7 Å². The highest BCUT2D eigenvalue weighted by atomic mass is 32.1. The Labute approximate surface area is 120 Å². The standard InChI is InChI=1S/C13H15N5OS/c1-3-4-12-14-15-13(19-12)18(2)8-9-5-6-10-11(7-9)17-20-16-10/h5-7H,3-4,8H2,1-2H3. The van der Waals surface area contributed by atoms with Gasteiger partial charge in [-0.25, -0.2) is 0 Å². The fourth-order valence-electron chi connectivity index (χ4n) is 1.98. The molecule has 7 heteroatoms. The summed E-state index contributed by atoms with van der Waals surface area (Å²) in [7, 11) is 1.94. The zero-order valence-corrected chi connectivity index (χ0v) is 12.2. The molecule has 0 bridgehead atoms. The Bertz CT molecular complexity index is 707. The molecule has 2 heterocycles. The van der Waals surface area contributed by atoms with Crippen molar-refractivity contribution in [2.24, 2.45) is 0 Å². The molecule has 0 aliphatic carbocycles. The van der Waals surface area contributed by atoms with Crippen LogP contribution in [0, 0.1) is 0 Å². The molecule has 20 heavy (non-hydrogen) atoms. The third kappa shape index (κ3) is 2.62. The summed E-state index contributed by atoms with van der Waals surface area (Å²) >= 11 is 1.23. The van der Waals surface area contributed by atoms with E-state index < -0.39 is 0 Å². The summed E-state index contributed by atoms with van der Waals surface area (Å²) in [6, 6.07) is 6.62. The summed E-state index contributed by atoms with van der Waals surface area (Å²) in [5, 5.41) is 8.10. The minimum atomic E-state index is 0.546. The molecule has 0 aliphatic rings. The summed E-state index contributed by atoms with van der Waals surface area (Å²) in [6.45, 7) is 2.78. The fourth-order valence-corrected chi connectivity index (χ4v) is 2.50. The molecule has 0 radical (unpaired) electrons. The largest absolute Gasteiger partial charge is 0.408 e. The van der Waals surface area contributed by atoms with Gasteiger partial charge < -0.3 is 9.32 Å². The minimum absolute atomic E-state index is 0.546. The van der Waals surface area contributed by atoms with Crippen LogP contribution < -0.4 is 4.90 Å². The molecule has 2 aromatic heterocycles. The Morgan fingerprint density at radius 1 is 1.20 bits per heavy atom. The van der Waals surface area contributed by atoms with E-state index in [-0.39, 0.29) is 0 Å². The van der Waals surface area contributed by atoms with Gasteiger partial charge in [-0.05, 0) is 24.1 Å². The van der Waals surface area contributed by atoms with Gasteiger partial charge in [0.25, 0.3) is 0 Å². The molecule has 6 nitrogen and oxygen atoms in total. The normalized spacial score (nSPS) is 11.1. The monoisotopic (exact) mass is 289 g/mol. The van der Waals surface area contributed by atoms with E-state index in [0.29, 0.717) is 18.5 Å². The predicted octanol–water partition coefficient (Wildman–Crippen LogP) is 2.66. The van der Waals surface area contributed by atoms with E-state index in [9.17, 15) is 0 Å². The van der Waals surface area contributed by atoms with E-state index >= 15 is 0 Å². The summed E-state index contributed by atoms with van der Waals surface area (Å²) in [5.74, 6) is 0.688. The lowest BCUT2D eigenvalue weighted by atomic mass is 10.2. The lowest BCUT2D eigenvalue weighted by Gasteiger charge is -2.13. The highest BCUT2D eigenvalue weighted by Crippen LogP contribution is 2.18. The van der Waals surface area contributed by atoms with E-state index in [1.54, 1.807) is 0 Å². The molecular formula is C13H15N5OS. The van der Waals surface area contributed by atoms with E-state index in [1.807, 2.05) is 30.1 Å². The van der Waals surface area contributed by atoms with Gasteiger partial charge in [0.15, 0.2) is 0 Å². The van der Waals surface area contributed by atoms with E-state index in [0.717, 1.165) is 29.4 Å². The van der Waals surface area contributed by atoms with Gasteiger partial charge >= 0.3 is 6.01 Å². The molecule has 0 amide bonds. The van der Waals surface area contributed by atoms with Crippen molar-refractivity contribution in [3.63, 3.8) is 0 Å². The fraction of sp³-hybridized carbons (Fsp3) is 0.385. The van der Waals surface area contributed by atoms with Gasteiger partial charge in [0.05, 0.1) is 11.7 Å². The predicted molar refractivity (Wildman–Crippen MR) is 77.8 cm³/mol. The van der Waals surface area contributed by atoms with Gasteiger partial charge in [0.1, 0.15) is 11.0 Å². The van der Waals surface area contributed by atoms with Crippen LogP contribution in [0.3, 0.4) is 0 Å². The quantitative estimate of drug-likeness (QED) is 0.719. The van der Waals surface area contributed by atoms with Gasteiger partial charge in [-0.3, -0.25) is 0 Å². The summed E-state index contributed by atoms with van der Waals surface area (Å²) < 4.78 is 14.1. The van der Waals surface area contributed by atoms with Gasteiger partial charge in [0, 0.05) is 20.0 Å². The number of benzene rings is 1. The van der Waals surface area contributed by atoms with Crippen molar-refractivity contribution >= 4 is 28.8 Å². The molecule has 0 spiro atoms. The van der Waals surface area contributed by atoms with Gasteiger partial charge in [-0.1, -0.05) is 18.1 Å². The third-order valence-electron chi connectivity index (χ3n) is 2.98. The Kier molecular flexibility index (Phi) is 3.60. The lowest BCUT2D eigenvalue weighted by molar-refractivity contribution is 0.485. The van der Waals surface area contributed by atoms with Crippen molar-refractivity contribution in [3.8, 4) is 0 Å². The average molecular weight is 289 g/mol. The molecule has 0 fully saturated rings. The maximum Gasteiger partial charge on any atom is 0.318 e. The van der Waals surface area contributed by atoms with Crippen LogP contribution in [0.1, 0.15) is 24.8 Å². The summed E-state index contributed by atoms with van der Waals surface area (Å²) in [4.78, 5) is 1.94. The highest BCUT2D eigenvalue weighted by molar-refractivity contribution is 7.00. The Morgan fingerprint density at radius 2 is 2.05 bits per heavy atom. The van der Waals surface area contributed by atoms with Crippen LogP contribution in [0.25, 0.3) is 11.0 Å². The SMILES string of the molecule is CCCc1nnc(N(C)Cc2ccc3nsnc3c2)o1. The molecule has 0 unspecified atom stereocenters. The first-order valence-corrected chi connectivity index (χ1v) is 7.24. The number of aryl methyl sites for hydroxylation is 1. The number of hydrogen-bond donors (Lipinski definition) is 0. The first-order valence-electron chi connectivity index (χ1n) is 6.51. The van der Waals surface area contributed by atoms with Crippen LogP contribution in [0.15, 0.2) is 22.6 Å². The van der Waals surface area contributed by atoms with Crippen LogP contribution in [-0.4, -0.2) is 26.0 Å². The number of anilines is 1. The number of fused-ring (bicyclic) bond motifs is 1. The summed E-state index contributed by atoms with van der Waals surface area (Å²) in [6.07, 6.45) is 1.82. The number of hydrogen-bond acceptors (Lipinski definition) is 7. The molecule has 3 aromatic rings. The molecular weight excluding hydrogens is 274 g/mol. The second-order valence-corrected chi connectivity index (χ2v) is 5.20. The third-order valence-corrected chi connectivity index (χ3v) is 3.54. The maximum absolute atomic E-state index is 5.61. The molecule has 3 rings (SSSR count). The Balaban J connectivity index is 1.74. The van der Waals surface area contributed by atoms with Crippen LogP contribution in [0.2, 0.25) is 0 Å². The molecule has 0 saturated heterocycles. The van der Waals surface area contributed by atoms with Gasteiger partial charge in [-0.15, -0.1) is 5.10 Å². The second kappa shape index (κ2) is 5.54. The Morgan fingerprint density at radius 3 is 2.90 bits per heavy atom. The van der Waals surface area contributed by atoms with Crippen LogP contribution in [0.5, 0.6) is 0 Å². The van der Waals surface area contributed by atoms with Gasteiger partial charge in [-0.2, -0.15) is 8.75 Å². The molecule has 0 N–H and O–H groups in total. The highest BCUT2D eigenvalue weighted by Gasteiger charge is 2.11. The molecule has 1 aromatic carbocycles. The maximum atomic E-state index is 5.61. The molecule has 0 saturated carbocycles. The average Bonchev–Trinajstić information content (AvgIpc) is 3.07. The first kappa shape index (κ1) is 13.0. The van der Waals surface area contributed by atoms with Crippen molar-refractivity contribution in [2.45, 2.75) is 26.3 Å². The van der Waals surface area contributed by atoms with E-state index in [4.69, 9.17) is 4.42 Å². The van der Waals surface area contributed by atoms with Crippen molar-refractivity contribution in [2.75, 3.05) is 11.9 Å². The van der Waals surface area contributed by atoms with Crippen LogP contribution in [-0.2, 0) is 13.0 Å². The number of nitrogens with zero attached hydrogens (tertiary/aromatic N) is 5. The van der Waals surface area contributed by atoms with Crippen molar-refractivity contribution in [1.82, 2.24) is 18.9 Å². The zero-order chi connectivity index (χ0) is 13.9. The smallest absolute Gasteiger partial charge is 0.318 e. The number of rotatable bonds is 5. The first-order chi connectivity index (χ1) is 9.76. The molecule has 104 valence electrons. The van der Waals surface area contributed by atoms with Crippen LogP contribution in [0.4, 0.5) is 6.01 Å². The zero-order valence-electron chi connectivity index (χ0n) is 11.4. The minimum Gasteiger partial charge on any atom is -0.408 e. The van der Waals surface area contributed by atoms with Gasteiger partial charge in [0.2, 0.25) is 5.89 Å². The number of aromatic nitrogens is 4. The van der Waals surface area contributed by atoms with Crippen molar-refractivity contribution < 1.29 is 4.42 Å². The second-order valence-electron chi connectivity index (χ2n) is 4.67. The lowest BCUT2D eigenvalue weighted by Crippen LogP contribution is -2.16. The molecule has 0 aliphatic heterocycles. The van der Waals surface area contributed by atoms with E-state index in [2.05, 4.69) is 25.9 Å². The summed E-state index contributed by atoms with van der Waals surface area (Å²) in [5.41, 5.74) is 3.01. The van der Waals surface area contributed by atoms with Crippen LogP contribution >= 0.6 is 11.7 Å². The Hall–Kier alpha value is -2.02. The van der Waals surface area contributed by atoms with Crippen molar-refractivity contribution in [1.29, 1.82) is 0 Å². The topological polar surface area (TPSA) is 67.9 Å².